The van der Waals surface area contributed by atoms with Crippen LogP contribution in [0.1, 0.15) is 61.4 Å². The molecule has 1 aromatic heterocycles. The second-order valence-electron chi connectivity index (χ2n) is 8.73. The molecule has 5 heteroatoms. The number of rotatable bonds is 5. The number of carbonyl (C=O) groups is 1. The lowest BCUT2D eigenvalue weighted by atomic mass is 9.92. The van der Waals surface area contributed by atoms with E-state index in [2.05, 4.69) is 29.3 Å². The van der Waals surface area contributed by atoms with Gasteiger partial charge in [0.1, 0.15) is 5.82 Å². The van der Waals surface area contributed by atoms with Crippen LogP contribution in [0.3, 0.4) is 0 Å². The molecule has 2 fully saturated rings. The highest BCUT2D eigenvalue weighted by Gasteiger charge is 2.33. The molecular formula is C24H33N3O2. The normalized spacial score (nSPS) is 23.5. The van der Waals surface area contributed by atoms with Crippen molar-refractivity contribution in [3.8, 4) is 0 Å². The van der Waals surface area contributed by atoms with E-state index in [0.717, 1.165) is 36.2 Å². The zero-order valence-corrected chi connectivity index (χ0v) is 17.9. The Morgan fingerprint density at radius 1 is 1.17 bits per heavy atom. The highest BCUT2D eigenvalue weighted by atomic mass is 16.5. The number of hydrogen-bond donors (Lipinski definition) is 1. The minimum atomic E-state index is 0.0623. The number of benzene rings is 1. The van der Waals surface area contributed by atoms with Gasteiger partial charge in [0.15, 0.2) is 5.78 Å². The van der Waals surface area contributed by atoms with Crippen LogP contribution >= 0.6 is 0 Å². The molecule has 1 N–H and O–H groups in total. The summed E-state index contributed by atoms with van der Waals surface area (Å²) in [5.74, 6) is 0.861. The summed E-state index contributed by atoms with van der Waals surface area (Å²) in [5, 5.41) is 4.89. The number of hydrogen-bond acceptors (Lipinski definition) is 5. The Kier molecular flexibility index (Phi) is 6.16. The number of aromatic nitrogens is 1. The van der Waals surface area contributed by atoms with Crippen molar-refractivity contribution in [3.05, 3.63) is 35.4 Å². The van der Waals surface area contributed by atoms with Crippen LogP contribution in [0.4, 0.5) is 5.82 Å². The summed E-state index contributed by atoms with van der Waals surface area (Å²) >= 11 is 0. The molecule has 2 unspecified atom stereocenters. The number of aryl methyl sites for hydroxylation is 1. The fourth-order valence-electron chi connectivity index (χ4n) is 4.90. The predicted molar refractivity (Wildman–Crippen MR) is 118 cm³/mol. The van der Waals surface area contributed by atoms with E-state index in [4.69, 9.17) is 9.72 Å². The topological polar surface area (TPSA) is 54.5 Å². The molecule has 2 aromatic rings. The molecule has 0 bridgehead atoms. The number of anilines is 1. The van der Waals surface area contributed by atoms with Crippen LogP contribution in [0.5, 0.6) is 0 Å². The van der Waals surface area contributed by atoms with Gasteiger partial charge in [-0.05, 0) is 51.3 Å². The molecule has 0 spiro atoms. The Balaban J connectivity index is 1.57. The first-order chi connectivity index (χ1) is 14.0. The zero-order valence-electron chi connectivity index (χ0n) is 17.9. The molecule has 4 rings (SSSR count). The van der Waals surface area contributed by atoms with E-state index in [1.165, 1.54) is 37.7 Å². The van der Waals surface area contributed by atoms with Crippen molar-refractivity contribution < 1.29 is 9.53 Å². The SMILES string of the molecule is COC1CN(c2nc3ccc(C)cc3cc2C(C)=O)CCC1NC1CCCCC1. The largest absolute Gasteiger partial charge is 0.378 e. The summed E-state index contributed by atoms with van der Waals surface area (Å²) in [6, 6.07) is 9.20. The van der Waals surface area contributed by atoms with Gasteiger partial charge in [-0.1, -0.05) is 30.9 Å². The molecule has 1 saturated heterocycles. The van der Waals surface area contributed by atoms with Crippen molar-refractivity contribution in [2.75, 3.05) is 25.1 Å². The number of methoxy groups -OCH3 is 1. The molecule has 2 atom stereocenters. The van der Waals surface area contributed by atoms with Crippen molar-refractivity contribution in [2.45, 2.75) is 70.6 Å². The van der Waals surface area contributed by atoms with Gasteiger partial charge < -0.3 is 15.0 Å². The molecule has 1 aromatic carbocycles. The molecule has 2 aliphatic rings. The van der Waals surface area contributed by atoms with Crippen molar-refractivity contribution >= 4 is 22.5 Å². The van der Waals surface area contributed by atoms with Gasteiger partial charge in [-0.3, -0.25) is 4.79 Å². The minimum Gasteiger partial charge on any atom is -0.378 e. The van der Waals surface area contributed by atoms with Crippen LogP contribution in [0, 0.1) is 6.92 Å². The molecule has 0 amide bonds. The Labute approximate surface area is 173 Å². The molecule has 29 heavy (non-hydrogen) atoms. The van der Waals surface area contributed by atoms with E-state index in [1.54, 1.807) is 14.0 Å². The van der Waals surface area contributed by atoms with Crippen LogP contribution in [-0.4, -0.2) is 49.2 Å². The van der Waals surface area contributed by atoms with E-state index in [9.17, 15) is 4.79 Å². The smallest absolute Gasteiger partial charge is 0.163 e. The Bertz CT molecular complexity index is 876. The number of ether oxygens (including phenoxy) is 1. The maximum Gasteiger partial charge on any atom is 0.163 e. The van der Waals surface area contributed by atoms with Crippen LogP contribution < -0.4 is 10.2 Å². The first-order valence-corrected chi connectivity index (χ1v) is 11.0. The van der Waals surface area contributed by atoms with Gasteiger partial charge in [0.25, 0.3) is 0 Å². The second kappa shape index (κ2) is 8.80. The average molecular weight is 396 g/mol. The first kappa shape index (κ1) is 20.3. The fourth-order valence-corrected chi connectivity index (χ4v) is 4.90. The third-order valence-electron chi connectivity index (χ3n) is 6.55. The number of piperidine rings is 1. The summed E-state index contributed by atoms with van der Waals surface area (Å²) < 4.78 is 5.88. The molecule has 0 radical (unpaired) electrons. The highest BCUT2D eigenvalue weighted by molar-refractivity contribution is 6.02. The summed E-state index contributed by atoms with van der Waals surface area (Å²) in [6.45, 7) is 5.34. The summed E-state index contributed by atoms with van der Waals surface area (Å²) in [5.41, 5.74) is 2.82. The van der Waals surface area contributed by atoms with Gasteiger partial charge in [0.05, 0.1) is 17.2 Å². The Morgan fingerprint density at radius 3 is 2.69 bits per heavy atom. The summed E-state index contributed by atoms with van der Waals surface area (Å²) in [6.07, 6.45) is 7.67. The number of fused-ring (bicyclic) bond motifs is 1. The minimum absolute atomic E-state index is 0.0623. The van der Waals surface area contributed by atoms with Crippen molar-refractivity contribution in [1.82, 2.24) is 10.3 Å². The molecule has 1 aliphatic heterocycles. The van der Waals surface area contributed by atoms with E-state index in [1.807, 2.05) is 12.1 Å². The van der Waals surface area contributed by atoms with Crippen LogP contribution in [-0.2, 0) is 4.74 Å². The number of nitrogens with one attached hydrogen (secondary N) is 1. The number of carbonyl (C=O) groups excluding carboxylic acids is 1. The maximum atomic E-state index is 12.4. The monoisotopic (exact) mass is 395 g/mol. The lowest BCUT2D eigenvalue weighted by Gasteiger charge is -2.41. The Morgan fingerprint density at radius 2 is 1.97 bits per heavy atom. The van der Waals surface area contributed by atoms with Crippen molar-refractivity contribution in [3.63, 3.8) is 0 Å². The molecule has 1 aliphatic carbocycles. The van der Waals surface area contributed by atoms with Crippen LogP contribution in [0.2, 0.25) is 0 Å². The predicted octanol–water partition coefficient (Wildman–Crippen LogP) is 4.26. The van der Waals surface area contributed by atoms with Gasteiger partial charge in [-0.25, -0.2) is 4.98 Å². The standard InChI is InChI=1S/C24H33N3O2/c1-16-9-10-21-18(13-16)14-20(17(2)28)24(26-21)27-12-11-22(23(15-27)29-3)25-19-7-5-4-6-8-19/h9-10,13-14,19,22-23,25H,4-8,11-12,15H2,1-3H3. The van der Waals surface area contributed by atoms with Gasteiger partial charge in [0.2, 0.25) is 0 Å². The lowest BCUT2D eigenvalue weighted by Crippen LogP contribution is -2.56. The zero-order chi connectivity index (χ0) is 20.4. The number of pyridine rings is 1. The molecule has 5 nitrogen and oxygen atoms in total. The summed E-state index contributed by atoms with van der Waals surface area (Å²) in [7, 11) is 1.80. The third kappa shape index (κ3) is 4.46. The maximum absolute atomic E-state index is 12.4. The van der Waals surface area contributed by atoms with E-state index < -0.39 is 0 Å². The van der Waals surface area contributed by atoms with Gasteiger partial charge >= 0.3 is 0 Å². The number of nitrogens with zero attached hydrogens (tertiary/aromatic N) is 2. The van der Waals surface area contributed by atoms with Gasteiger partial charge in [-0.15, -0.1) is 0 Å². The number of Topliss-reactive ketones (excluding diaryl/α,β-unsaturated/α-hetero) is 1. The summed E-state index contributed by atoms with van der Waals surface area (Å²) in [4.78, 5) is 19.5. The van der Waals surface area contributed by atoms with Crippen molar-refractivity contribution in [1.29, 1.82) is 0 Å². The Hall–Kier alpha value is -1.98. The average Bonchev–Trinajstić information content (AvgIpc) is 2.73. The van der Waals surface area contributed by atoms with Gasteiger partial charge in [-0.2, -0.15) is 0 Å². The molecular weight excluding hydrogens is 362 g/mol. The molecule has 156 valence electrons. The van der Waals surface area contributed by atoms with E-state index in [-0.39, 0.29) is 11.9 Å². The first-order valence-electron chi connectivity index (χ1n) is 11.0. The quantitative estimate of drug-likeness (QED) is 0.767. The van der Waals surface area contributed by atoms with Crippen molar-refractivity contribution in [2.24, 2.45) is 0 Å². The second-order valence-corrected chi connectivity index (χ2v) is 8.73. The van der Waals surface area contributed by atoms with E-state index in [0.29, 0.717) is 17.6 Å². The van der Waals surface area contributed by atoms with Crippen LogP contribution in [0.25, 0.3) is 10.9 Å². The highest BCUT2D eigenvalue weighted by Crippen LogP contribution is 2.29. The van der Waals surface area contributed by atoms with Gasteiger partial charge in [0, 0.05) is 37.7 Å². The van der Waals surface area contributed by atoms with E-state index >= 15 is 0 Å². The fraction of sp³-hybridized carbons (Fsp3) is 0.583. The molecule has 2 heterocycles. The number of ketones is 1. The molecule has 1 saturated carbocycles. The van der Waals surface area contributed by atoms with Crippen LogP contribution in [0.15, 0.2) is 24.3 Å². The third-order valence-corrected chi connectivity index (χ3v) is 6.55. The lowest BCUT2D eigenvalue weighted by molar-refractivity contribution is 0.0533.